The highest BCUT2D eigenvalue weighted by Crippen LogP contribution is 2.76. The van der Waals surface area contributed by atoms with Gasteiger partial charge in [-0.05, 0) is 124 Å². The van der Waals surface area contributed by atoms with Crippen molar-refractivity contribution in [3.8, 4) is 0 Å². The van der Waals surface area contributed by atoms with Crippen molar-refractivity contribution < 1.29 is 43.9 Å². The second-order valence-corrected chi connectivity index (χ2v) is 18.7. The minimum atomic E-state index is -1.07. The minimum absolute atomic E-state index is 0.112. The van der Waals surface area contributed by atoms with Crippen molar-refractivity contribution in [1.29, 1.82) is 0 Å². The van der Waals surface area contributed by atoms with Crippen molar-refractivity contribution in [2.45, 2.75) is 163 Å². The van der Waals surface area contributed by atoms with E-state index in [0.29, 0.717) is 25.2 Å². The zero-order valence-corrected chi connectivity index (χ0v) is 30.6. The van der Waals surface area contributed by atoms with E-state index in [1.165, 1.54) is 0 Å². The number of allylic oxidation sites excluding steroid dienone is 1. The van der Waals surface area contributed by atoms with Crippen molar-refractivity contribution in [3.05, 3.63) is 11.6 Å². The second kappa shape index (κ2) is 11.0. The Labute approximate surface area is 286 Å². The number of fused-ring (bicyclic) bond motifs is 8. The Morgan fingerprint density at radius 3 is 2.19 bits per heavy atom. The minimum Gasteiger partial charge on any atom is -0.481 e. The number of hydrogen-bond donors (Lipinski definition) is 3. The molecule has 6 fully saturated rings. The van der Waals surface area contributed by atoms with Crippen LogP contribution in [0.15, 0.2) is 11.6 Å². The van der Waals surface area contributed by atoms with Crippen molar-refractivity contribution in [1.82, 2.24) is 0 Å². The van der Waals surface area contributed by atoms with Gasteiger partial charge in [-0.2, -0.15) is 0 Å². The number of hydrogen-bond acceptors (Lipinski definition) is 7. The van der Waals surface area contributed by atoms with E-state index in [1.807, 2.05) is 20.8 Å². The molecule has 9 nitrogen and oxygen atoms in total. The van der Waals surface area contributed by atoms with Gasteiger partial charge in [0.15, 0.2) is 12.1 Å². The molecule has 0 spiro atoms. The highest BCUT2D eigenvalue weighted by atomic mass is 16.8. The van der Waals surface area contributed by atoms with E-state index in [1.54, 1.807) is 0 Å². The molecule has 0 bridgehead atoms. The number of carboxylic acid groups (broad SMARTS) is 2. The normalized spacial score (nSPS) is 53.6. The molecule has 1 unspecified atom stereocenters. The van der Waals surface area contributed by atoms with E-state index in [9.17, 15) is 24.9 Å². The van der Waals surface area contributed by atoms with Gasteiger partial charge in [-0.15, -0.1) is 0 Å². The lowest BCUT2D eigenvalue weighted by atomic mass is 9.33. The van der Waals surface area contributed by atoms with Crippen LogP contribution >= 0.6 is 0 Å². The molecule has 7 rings (SSSR count). The van der Waals surface area contributed by atoms with Gasteiger partial charge in [-0.3, -0.25) is 9.59 Å². The zero-order chi connectivity index (χ0) is 35.0. The smallest absolute Gasteiger partial charge is 0.314 e. The first-order valence-corrected chi connectivity index (χ1v) is 18.8. The number of aliphatic carboxylic acids is 2. The lowest BCUT2D eigenvalue weighted by Crippen LogP contribution is -2.68. The molecule has 270 valence electrons. The highest BCUT2D eigenvalue weighted by molar-refractivity contribution is 5.84. The summed E-state index contributed by atoms with van der Waals surface area (Å²) in [6.07, 6.45) is 5.50. The van der Waals surface area contributed by atoms with Crippen LogP contribution in [-0.2, 0) is 28.5 Å². The predicted molar refractivity (Wildman–Crippen MR) is 178 cm³/mol. The standard InChI is InChI=1S/C39H60O9/c1-20-12-17-38(32(41)42)18-19-39(33(43)44)23(27(38)21(20)2)10-11-25-36(8)15-14-26(34(4,5)24(36)13-16-37(25,39)9)46-31-28(40)30-29(22(3)45-31)47-35(6,7)48-30/h10,20-22,24-31,40H,11-19H2,1-9H3,(H,41,42)(H,43,44)/t20-,21+,22-,24?,25-,26+,27+,28-,29+,30-,31+,36+,37-,38+,39-/m1/s1. The van der Waals surface area contributed by atoms with Crippen LogP contribution in [0.1, 0.15) is 120 Å². The molecule has 3 N–H and O–H groups in total. The van der Waals surface area contributed by atoms with Gasteiger partial charge in [0.05, 0.1) is 23.0 Å². The number of ether oxygens (including phenoxy) is 4. The van der Waals surface area contributed by atoms with Crippen molar-refractivity contribution >= 4 is 11.9 Å². The van der Waals surface area contributed by atoms with E-state index in [2.05, 4.69) is 47.6 Å². The van der Waals surface area contributed by atoms with Crippen LogP contribution < -0.4 is 0 Å². The largest absolute Gasteiger partial charge is 0.481 e. The summed E-state index contributed by atoms with van der Waals surface area (Å²) in [5.74, 6) is -1.69. The molecule has 7 aliphatic rings. The molecule has 0 aromatic rings. The summed E-state index contributed by atoms with van der Waals surface area (Å²) < 4.78 is 25.1. The SMILES string of the molecule is C[C@H]1[C@H](C)CC[C@]2(C(=O)O)CC[C@]3(C(=O)O)C(=CC[C@@H]4[C@@]5(C)CC[C@H](O[C@@H]6O[C@H](C)[C@@H]7OC(C)(C)O[C@@H]7[C@H]6O)C(C)(C)C5CC[C@]43C)[C@H]12. The van der Waals surface area contributed by atoms with Gasteiger partial charge in [0.2, 0.25) is 0 Å². The molecule has 0 aromatic carbocycles. The predicted octanol–water partition coefficient (Wildman–Crippen LogP) is 6.80. The first-order chi connectivity index (χ1) is 22.3. The maximum absolute atomic E-state index is 13.9. The maximum atomic E-state index is 13.9. The quantitative estimate of drug-likeness (QED) is 0.218. The van der Waals surface area contributed by atoms with Gasteiger partial charge in [-0.1, -0.05) is 53.2 Å². The van der Waals surface area contributed by atoms with Crippen LogP contribution in [0, 0.1) is 56.7 Å². The average molecular weight is 673 g/mol. The van der Waals surface area contributed by atoms with Crippen molar-refractivity contribution in [3.63, 3.8) is 0 Å². The maximum Gasteiger partial charge on any atom is 0.314 e. The number of rotatable bonds is 4. The Balaban J connectivity index is 1.20. The highest BCUT2D eigenvalue weighted by Gasteiger charge is 2.73. The van der Waals surface area contributed by atoms with Gasteiger partial charge >= 0.3 is 11.9 Å². The fourth-order valence-corrected chi connectivity index (χ4v) is 13.5. The summed E-state index contributed by atoms with van der Waals surface area (Å²) in [4.78, 5) is 26.9. The molecular weight excluding hydrogens is 612 g/mol. The Bertz CT molecular complexity index is 1370. The molecule has 4 saturated carbocycles. The second-order valence-electron chi connectivity index (χ2n) is 18.7. The molecule has 0 amide bonds. The summed E-state index contributed by atoms with van der Waals surface area (Å²) in [6, 6.07) is 0. The molecule has 0 radical (unpaired) electrons. The molecule has 2 aliphatic heterocycles. The number of carboxylic acids is 2. The summed E-state index contributed by atoms with van der Waals surface area (Å²) in [5, 5.41) is 33.5. The van der Waals surface area contributed by atoms with Gasteiger partial charge in [0, 0.05) is 0 Å². The molecule has 2 saturated heterocycles. The molecule has 5 aliphatic carbocycles. The van der Waals surface area contributed by atoms with E-state index >= 15 is 0 Å². The third kappa shape index (κ3) is 4.45. The van der Waals surface area contributed by atoms with E-state index < -0.39 is 52.5 Å². The van der Waals surface area contributed by atoms with Crippen molar-refractivity contribution in [2.24, 2.45) is 56.7 Å². The first-order valence-electron chi connectivity index (χ1n) is 18.8. The monoisotopic (exact) mass is 672 g/mol. The lowest BCUT2D eigenvalue weighted by molar-refractivity contribution is -0.312. The topological polar surface area (TPSA) is 132 Å². The fraction of sp³-hybridized carbons (Fsp3) is 0.897. The summed E-state index contributed by atoms with van der Waals surface area (Å²) in [5.41, 5.74) is -1.92. The van der Waals surface area contributed by atoms with Gasteiger partial charge < -0.3 is 34.3 Å². The molecular formula is C39H60O9. The number of carbonyl (C=O) groups is 2. The van der Waals surface area contributed by atoms with Crippen LogP contribution in [-0.4, -0.2) is 69.9 Å². The third-order valence-electron chi connectivity index (χ3n) is 16.1. The van der Waals surface area contributed by atoms with E-state index in [4.69, 9.17) is 18.9 Å². The summed E-state index contributed by atoms with van der Waals surface area (Å²) in [7, 11) is 0. The van der Waals surface area contributed by atoms with E-state index in [-0.39, 0.29) is 52.8 Å². The third-order valence-corrected chi connectivity index (χ3v) is 16.1. The average Bonchev–Trinajstić information content (AvgIpc) is 3.34. The number of aliphatic hydroxyl groups is 1. The van der Waals surface area contributed by atoms with Gasteiger partial charge in [-0.25, -0.2) is 0 Å². The number of aliphatic hydroxyl groups excluding tert-OH is 1. The Hall–Kier alpha value is -1.52. The van der Waals surface area contributed by atoms with Crippen LogP contribution in [0.2, 0.25) is 0 Å². The molecule has 0 aromatic heterocycles. The molecule has 15 atom stereocenters. The van der Waals surface area contributed by atoms with Crippen LogP contribution in [0.25, 0.3) is 0 Å². The van der Waals surface area contributed by atoms with Crippen LogP contribution in [0.3, 0.4) is 0 Å². The molecule has 2 heterocycles. The first kappa shape index (κ1) is 34.9. The lowest BCUT2D eigenvalue weighted by Gasteiger charge is -2.70. The van der Waals surface area contributed by atoms with Crippen LogP contribution in [0.4, 0.5) is 0 Å². The van der Waals surface area contributed by atoms with Crippen molar-refractivity contribution in [2.75, 3.05) is 0 Å². The van der Waals surface area contributed by atoms with Gasteiger partial charge in [0.25, 0.3) is 0 Å². The Kier molecular flexibility index (Phi) is 7.99. The van der Waals surface area contributed by atoms with Crippen LogP contribution in [0.5, 0.6) is 0 Å². The molecule has 9 heteroatoms. The zero-order valence-electron chi connectivity index (χ0n) is 30.6. The fourth-order valence-electron chi connectivity index (χ4n) is 13.5. The Morgan fingerprint density at radius 1 is 0.833 bits per heavy atom. The molecule has 48 heavy (non-hydrogen) atoms. The van der Waals surface area contributed by atoms with E-state index in [0.717, 1.165) is 44.1 Å². The summed E-state index contributed by atoms with van der Waals surface area (Å²) >= 11 is 0. The van der Waals surface area contributed by atoms with Gasteiger partial charge in [0.1, 0.15) is 18.3 Å². The Morgan fingerprint density at radius 2 is 1.52 bits per heavy atom. The summed E-state index contributed by atoms with van der Waals surface area (Å²) in [6.45, 7) is 19.2.